The van der Waals surface area contributed by atoms with Gasteiger partial charge in [-0.15, -0.1) is 0 Å². The Hall–Kier alpha value is -2.12. The van der Waals surface area contributed by atoms with Gasteiger partial charge >= 0.3 is 5.97 Å². The number of aliphatic hydroxyl groups is 2. The number of fused-ring (bicyclic) bond motifs is 4. The number of carboxylic acids is 1. The van der Waals surface area contributed by atoms with Gasteiger partial charge in [-0.05, 0) is 55.1 Å². The highest BCUT2D eigenvalue weighted by Gasteiger charge is 2.69. The van der Waals surface area contributed by atoms with Gasteiger partial charge in [0.05, 0.1) is 18.1 Å². The van der Waals surface area contributed by atoms with E-state index in [0.717, 1.165) is 5.57 Å². The van der Waals surface area contributed by atoms with Crippen molar-refractivity contribution in [3.63, 3.8) is 0 Å². The number of hydrogen-bond acceptors (Lipinski definition) is 6. The molecular weight excluding hydrogens is 472 g/mol. The largest absolute Gasteiger partial charge is 0.481 e. The van der Waals surface area contributed by atoms with Crippen LogP contribution >= 0.6 is 0 Å². The lowest BCUT2D eigenvalue weighted by Gasteiger charge is -2.61. The maximum Gasteiger partial charge on any atom is 0.306 e. The van der Waals surface area contributed by atoms with E-state index in [4.69, 9.17) is 5.11 Å². The molecule has 4 aliphatic rings. The molecule has 0 radical (unpaired) electrons. The Morgan fingerprint density at radius 1 is 1.08 bits per heavy atom. The Bertz CT molecular complexity index is 1130. The number of carbonyl (C=O) groups excluding carboxylic acids is 3. The lowest BCUT2D eigenvalue weighted by molar-refractivity contribution is -0.145. The fraction of sp³-hybridized carbons (Fsp3) is 0.733. The number of ketones is 3. The van der Waals surface area contributed by atoms with E-state index < -0.39 is 45.8 Å². The van der Waals surface area contributed by atoms with Crippen molar-refractivity contribution < 1.29 is 34.5 Å². The van der Waals surface area contributed by atoms with Crippen LogP contribution in [0.2, 0.25) is 0 Å². The first kappa shape index (κ1) is 27.9. The molecule has 3 N–H and O–H groups in total. The molecular formula is C30H42O7. The topological polar surface area (TPSA) is 129 Å². The Morgan fingerprint density at radius 2 is 1.70 bits per heavy atom. The van der Waals surface area contributed by atoms with Gasteiger partial charge in [0.2, 0.25) is 0 Å². The standard InChI is InChI=1S/C30H42O7/c1-15(10-17(31)11-16(2)26(36)37)18-12-23(35)30(7)25-19(32)13-21-27(3,4)22(34)8-9-28(21,5)24(25)20(33)14-29(18,30)6/h10,16,18-19,21,23,32,35H,8-9,11-14H2,1-7H3,(H,36,37)/b15-10-/t16-,18-,19+,21?,23+,28+,29-,30+/m0/s1. The molecule has 0 amide bonds. The quantitative estimate of drug-likeness (QED) is 0.472. The molecule has 4 aliphatic carbocycles. The van der Waals surface area contributed by atoms with Crippen LogP contribution in [0.1, 0.15) is 87.0 Å². The van der Waals surface area contributed by atoms with Crippen molar-refractivity contribution in [3.8, 4) is 0 Å². The van der Waals surface area contributed by atoms with Gasteiger partial charge in [0.15, 0.2) is 11.6 Å². The average Bonchev–Trinajstić information content (AvgIpc) is 2.99. The smallest absolute Gasteiger partial charge is 0.306 e. The van der Waals surface area contributed by atoms with Gasteiger partial charge in [-0.1, -0.05) is 47.1 Å². The van der Waals surface area contributed by atoms with Crippen molar-refractivity contribution in [3.05, 3.63) is 22.8 Å². The molecule has 8 atom stereocenters. The van der Waals surface area contributed by atoms with Crippen molar-refractivity contribution >= 4 is 23.3 Å². The minimum absolute atomic E-state index is 0.0379. The zero-order valence-electron chi connectivity index (χ0n) is 23.2. The number of carbonyl (C=O) groups is 4. The molecule has 0 aliphatic heterocycles. The van der Waals surface area contributed by atoms with Gasteiger partial charge in [-0.2, -0.15) is 0 Å². The summed E-state index contributed by atoms with van der Waals surface area (Å²) in [5, 5.41) is 32.4. The molecule has 2 fully saturated rings. The minimum atomic E-state index is -1.03. The third kappa shape index (κ3) is 3.75. The number of allylic oxidation sites excluding steroid dienone is 3. The summed E-state index contributed by atoms with van der Waals surface area (Å²) in [6.45, 7) is 13.1. The van der Waals surface area contributed by atoms with Crippen LogP contribution < -0.4 is 0 Å². The second-order valence-electron chi connectivity index (χ2n) is 13.5. The first-order chi connectivity index (χ1) is 16.9. The molecule has 7 nitrogen and oxygen atoms in total. The number of hydrogen-bond donors (Lipinski definition) is 3. The lowest BCUT2D eigenvalue weighted by atomic mass is 9.42. The molecule has 0 heterocycles. The summed E-state index contributed by atoms with van der Waals surface area (Å²) in [6.07, 6.45) is 1.42. The molecule has 0 bridgehead atoms. The van der Waals surface area contributed by atoms with E-state index in [1.165, 1.54) is 13.0 Å². The van der Waals surface area contributed by atoms with Crippen LogP contribution in [-0.2, 0) is 19.2 Å². The molecule has 4 rings (SSSR count). The maximum atomic E-state index is 14.0. The molecule has 2 saturated carbocycles. The predicted octanol–water partition coefficient (Wildman–Crippen LogP) is 4.05. The summed E-state index contributed by atoms with van der Waals surface area (Å²) in [6, 6.07) is 0. The van der Waals surface area contributed by atoms with Gasteiger partial charge in [0.1, 0.15) is 5.78 Å². The fourth-order valence-electron chi connectivity index (χ4n) is 8.77. The maximum absolute atomic E-state index is 14.0. The summed E-state index contributed by atoms with van der Waals surface area (Å²) in [5.41, 5.74) is -0.855. The first-order valence-corrected chi connectivity index (χ1v) is 13.5. The molecule has 204 valence electrons. The van der Waals surface area contributed by atoms with Gasteiger partial charge in [-0.25, -0.2) is 0 Å². The predicted molar refractivity (Wildman–Crippen MR) is 137 cm³/mol. The zero-order chi connectivity index (χ0) is 27.9. The number of aliphatic hydroxyl groups excluding tert-OH is 2. The van der Waals surface area contributed by atoms with E-state index in [0.29, 0.717) is 36.8 Å². The Labute approximate surface area is 219 Å². The molecule has 0 aromatic heterocycles. The van der Waals surface area contributed by atoms with Crippen LogP contribution in [-0.4, -0.2) is 50.8 Å². The summed E-state index contributed by atoms with van der Waals surface area (Å²) in [5.74, 6) is -2.44. The Kier molecular flexibility index (Phi) is 6.56. The molecule has 0 aromatic carbocycles. The van der Waals surface area contributed by atoms with Crippen molar-refractivity contribution in [2.45, 2.75) is 99.2 Å². The Morgan fingerprint density at radius 3 is 2.30 bits per heavy atom. The summed E-state index contributed by atoms with van der Waals surface area (Å²) in [7, 11) is 0. The van der Waals surface area contributed by atoms with E-state index in [9.17, 15) is 29.4 Å². The number of carboxylic acid groups (broad SMARTS) is 1. The van der Waals surface area contributed by atoms with Crippen LogP contribution in [0.4, 0.5) is 0 Å². The molecule has 0 aromatic rings. The van der Waals surface area contributed by atoms with Crippen molar-refractivity contribution in [1.82, 2.24) is 0 Å². The van der Waals surface area contributed by atoms with Gasteiger partial charge in [0, 0.05) is 41.1 Å². The normalized spacial score (nSPS) is 42.1. The zero-order valence-corrected chi connectivity index (χ0v) is 23.2. The molecule has 0 spiro atoms. The van der Waals surface area contributed by atoms with Crippen LogP contribution in [0.5, 0.6) is 0 Å². The number of Topliss-reactive ketones (excluding diaryl/α,β-unsaturated/α-hetero) is 2. The number of rotatable bonds is 5. The van der Waals surface area contributed by atoms with Crippen LogP contribution in [0.25, 0.3) is 0 Å². The highest BCUT2D eigenvalue weighted by molar-refractivity contribution is 6.01. The minimum Gasteiger partial charge on any atom is -0.481 e. The molecule has 37 heavy (non-hydrogen) atoms. The van der Waals surface area contributed by atoms with Gasteiger partial charge in [0.25, 0.3) is 0 Å². The molecule has 0 saturated heterocycles. The van der Waals surface area contributed by atoms with Gasteiger partial charge in [-0.3, -0.25) is 19.2 Å². The van der Waals surface area contributed by atoms with Crippen molar-refractivity contribution in [1.29, 1.82) is 0 Å². The summed E-state index contributed by atoms with van der Waals surface area (Å²) < 4.78 is 0. The van der Waals surface area contributed by atoms with Gasteiger partial charge < -0.3 is 15.3 Å². The highest BCUT2D eigenvalue weighted by atomic mass is 16.4. The van der Waals surface area contributed by atoms with Crippen molar-refractivity contribution in [2.24, 2.45) is 39.4 Å². The fourth-order valence-corrected chi connectivity index (χ4v) is 8.77. The van der Waals surface area contributed by atoms with Crippen molar-refractivity contribution in [2.75, 3.05) is 0 Å². The average molecular weight is 515 g/mol. The first-order valence-electron chi connectivity index (χ1n) is 13.5. The molecule has 7 heteroatoms. The summed E-state index contributed by atoms with van der Waals surface area (Å²) >= 11 is 0. The number of aliphatic carboxylic acids is 1. The van der Waals surface area contributed by atoms with Crippen LogP contribution in [0.15, 0.2) is 22.8 Å². The summed E-state index contributed by atoms with van der Waals surface area (Å²) in [4.78, 5) is 50.7. The second kappa shape index (κ2) is 8.70. The lowest BCUT2D eigenvalue weighted by Crippen LogP contribution is -2.60. The van der Waals surface area contributed by atoms with E-state index >= 15 is 0 Å². The monoisotopic (exact) mass is 514 g/mol. The van der Waals surface area contributed by atoms with Crippen LogP contribution in [0.3, 0.4) is 0 Å². The van der Waals surface area contributed by atoms with E-state index in [2.05, 4.69) is 6.92 Å². The SMILES string of the molecule is C/C(=C/C(=O)C[C@H](C)C(=O)O)[C@@H]1C[C@@H](O)[C@]2(C)C3=C(C(=O)C[C@@]12C)[C@]1(C)CCC(=O)C(C)(C)C1C[C@H]3O. The van der Waals surface area contributed by atoms with Crippen LogP contribution in [0, 0.1) is 39.4 Å². The van der Waals surface area contributed by atoms with E-state index in [-0.39, 0.29) is 42.0 Å². The van der Waals surface area contributed by atoms with E-state index in [1.54, 1.807) is 0 Å². The Balaban J connectivity index is 1.80. The highest BCUT2D eigenvalue weighted by Crippen LogP contribution is 2.71. The van der Waals surface area contributed by atoms with E-state index in [1.807, 2.05) is 34.6 Å². The molecule has 1 unspecified atom stereocenters. The second-order valence-corrected chi connectivity index (χ2v) is 13.5. The third-order valence-electron chi connectivity index (χ3n) is 11.2. The third-order valence-corrected chi connectivity index (χ3v) is 11.2.